The quantitative estimate of drug-likeness (QED) is 0.663. The first-order valence-corrected chi connectivity index (χ1v) is 5.26. The van der Waals surface area contributed by atoms with Crippen LogP contribution in [-0.2, 0) is 0 Å². The van der Waals surface area contributed by atoms with Gasteiger partial charge in [-0.1, -0.05) is 6.92 Å². The maximum atomic E-state index is 9.11. The van der Waals surface area contributed by atoms with Crippen molar-refractivity contribution in [2.45, 2.75) is 25.3 Å². The van der Waals surface area contributed by atoms with E-state index in [-0.39, 0.29) is 6.61 Å². The third-order valence-corrected chi connectivity index (χ3v) is 2.95. The lowest BCUT2D eigenvalue weighted by molar-refractivity contribution is 0.165. The Morgan fingerprint density at radius 1 is 1.50 bits per heavy atom. The molecule has 1 aliphatic rings. The van der Waals surface area contributed by atoms with Crippen LogP contribution < -0.4 is 5.32 Å². The minimum Gasteiger partial charge on any atom is -0.395 e. The molecule has 0 radical (unpaired) electrons. The smallest absolute Gasteiger partial charge is 0.109 e. The molecule has 80 valence electrons. The molecule has 1 heterocycles. The molecule has 4 nitrogen and oxygen atoms in total. The molecule has 0 spiro atoms. The van der Waals surface area contributed by atoms with Gasteiger partial charge in [0.15, 0.2) is 0 Å². The van der Waals surface area contributed by atoms with Crippen LogP contribution in [0.25, 0.3) is 0 Å². The van der Waals surface area contributed by atoms with E-state index in [1.165, 1.54) is 0 Å². The lowest BCUT2D eigenvalue weighted by atomic mass is 9.89. The van der Waals surface area contributed by atoms with Gasteiger partial charge in [-0.15, -0.1) is 0 Å². The highest BCUT2D eigenvalue weighted by molar-refractivity contribution is 5.09. The van der Waals surface area contributed by atoms with Crippen molar-refractivity contribution in [1.82, 2.24) is 10.2 Å². The standard InChI is InChI=1S/C10H19N3O/c1-2-13-6-3-10(9-11,4-7-13)12-5-8-14/h12,14H,2-8H2,1H3. The summed E-state index contributed by atoms with van der Waals surface area (Å²) < 4.78 is 0. The van der Waals surface area contributed by atoms with Crippen LogP contribution in [0.3, 0.4) is 0 Å². The summed E-state index contributed by atoms with van der Waals surface area (Å²) in [6.45, 7) is 5.76. The van der Waals surface area contributed by atoms with Crippen molar-refractivity contribution in [2.24, 2.45) is 0 Å². The predicted molar refractivity (Wildman–Crippen MR) is 54.8 cm³/mol. The van der Waals surface area contributed by atoms with E-state index in [0.717, 1.165) is 32.5 Å². The summed E-state index contributed by atoms with van der Waals surface area (Å²) in [6.07, 6.45) is 1.72. The first-order valence-electron chi connectivity index (χ1n) is 5.26. The third-order valence-electron chi connectivity index (χ3n) is 2.95. The minimum absolute atomic E-state index is 0.0981. The Hall–Kier alpha value is -0.630. The molecule has 14 heavy (non-hydrogen) atoms. The summed E-state index contributed by atoms with van der Waals surface area (Å²) >= 11 is 0. The number of rotatable bonds is 4. The second-order valence-electron chi connectivity index (χ2n) is 3.78. The van der Waals surface area contributed by atoms with E-state index in [1.54, 1.807) is 0 Å². The van der Waals surface area contributed by atoms with Crippen LogP contribution in [0.5, 0.6) is 0 Å². The largest absolute Gasteiger partial charge is 0.395 e. The Labute approximate surface area is 85.5 Å². The fraction of sp³-hybridized carbons (Fsp3) is 0.900. The second kappa shape index (κ2) is 5.30. The Bertz CT molecular complexity index is 204. The molecular formula is C10H19N3O. The molecule has 1 rings (SSSR count). The van der Waals surface area contributed by atoms with Crippen LogP contribution in [0.15, 0.2) is 0 Å². The number of hydrogen-bond acceptors (Lipinski definition) is 4. The molecule has 0 bridgehead atoms. The van der Waals surface area contributed by atoms with E-state index in [2.05, 4.69) is 23.2 Å². The third kappa shape index (κ3) is 2.68. The van der Waals surface area contributed by atoms with E-state index in [4.69, 9.17) is 10.4 Å². The molecule has 1 fully saturated rings. The van der Waals surface area contributed by atoms with Crippen LogP contribution in [0.2, 0.25) is 0 Å². The highest BCUT2D eigenvalue weighted by Crippen LogP contribution is 2.20. The Morgan fingerprint density at radius 2 is 2.14 bits per heavy atom. The first kappa shape index (κ1) is 11.4. The molecule has 1 saturated heterocycles. The molecule has 2 N–H and O–H groups in total. The monoisotopic (exact) mass is 197 g/mol. The molecule has 0 amide bonds. The Morgan fingerprint density at radius 3 is 2.57 bits per heavy atom. The lowest BCUT2D eigenvalue weighted by Gasteiger charge is -2.37. The van der Waals surface area contributed by atoms with Gasteiger partial charge in [-0.2, -0.15) is 5.26 Å². The summed E-state index contributed by atoms with van der Waals surface area (Å²) in [6, 6.07) is 2.35. The van der Waals surface area contributed by atoms with Gasteiger partial charge in [0.1, 0.15) is 5.54 Å². The molecule has 0 aromatic heterocycles. The van der Waals surface area contributed by atoms with Gasteiger partial charge in [-0.05, 0) is 19.4 Å². The molecule has 0 unspecified atom stereocenters. The molecule has 0 saturated carbocycles. The first-order chi connectivity index (χ1) is 6.76. The number of likely N-dealkylation sites (tertiary alicyclic amines) is 1. The second-order valence-corrected chi connectivity index (χ2v) is 3.78. The maximum Gasteiger partial charge on any atom is 0.109 e. The van der Waals surface area contributed by atoms with Gasteiger partial charge >= 0.3 is 0 Å². The van der Waals surface area contributed by atoms with E-state index in [1.807, 2.05) is 0 Å². The molecule has 0 atom stereocenters. The van der Waals surface area contributed by atoms with Crippen molar-refractivity contribution in [3.8, 4) is 6.07 Å². The average molecular weight is 197 g/mol. The topological polar surface area (TPSA) is 59.3 Å². The summed E-state index contributed by atoms with van der Waals surface area (Å²) in [5.74, 6) is 0. The van der Waals surface area contributed by atoms with E-state index >= 15 is 0 Å². The van der Waals surface area contributed by atoms with Crippen molar-refractivity contribution in [3.63, 3.8) is 0 Å². The molecule has 4 heteroatoms. The van der Waals surface area contributed by atoms with Crippen LogP contribution in [0.1, 0.15) is 19.8 Å². The van der Waals surface area contributed by atoms with Crippen molar-refractivity contribution in [1.29, 1.82) is 5.26 Å². The lowest BCUT2D eigenvalue weighted by Crippen LogP contribution is -2.53. The van der Waals surface area contributed by atoms with Crippen molar-refractivity contribution in [3.05, 3.63) is 0 Å². The van der Waals surface area contributed by atoms with Crippen LogP contribution in [-0.4, -0.2) is 48.3 Å². The summed E-state index contributed by atoms with van der Waals surface area (Å²) in [5.41, 5.74) is -0.394. The van der Waals surface area contributed by atoms with Gasteiger partial charge < -0.3 is 10.0 Å². The number of piperidine rings is 1. The number of nitrogens with one attached hydrogen (secondary N) is 1. The van der Waals surface area contributed by atoms with E-state index in [0.29, 0.717) is 6.54 Å². The maximum absolute atomic E-state index is 9.11. The molecule has 0 aromatic rings. The molecule has 0 aliphatic carbocycles. The Balaban J connectivity index is 2.45. The number of nitriles is 1. The fourth-order valence-electron chi connectivity index (χ4n) is 1.87. The van der Waals surface area contributed by atoms with E-state index in [9.17, 15) is 0 Å². The minimum atomic E-state index is -0.394. The van der Waals surface area contributed by atoms with Gasteiger partial charge in [0, 0.05) is 19.6 Å². The van der Waals surface area contributed by atoms with Crippen LogP contribution in [0.4, 0.5) is 0 Å². The fourth-order valence-corrected chi connectivity index (χ4v) is 1.87. The molecule has 1 aliphatic heterocycles. The van der Waals surface area contributed by atoms with Crippen molar-refractivity contribution in [2.75, 3.05) is 32.8 Å². The number of β-amino-alcohol motifs (C(OH)–C–C–N with tert-alkyl or cyclic N) is 1. The number of nitrogens with zero attached hydrogens (tertiary/aromatic N) is 2. The van der Waals surface area contributed by atoms with Crippen molar-refractivity contribution >= 4 is 0 Å². The van der Waals surface area contributed by atoms with Crippen LogP contribution in [0, 0.1) is 11.3 Å². The molecule has 0 aromatic carbocycles. The number of aliphatic hydroxyl groups excluding tert-OH is 1. The normalized spacial score (nSPS) is 21.8. The average Bonchev–Trinajstić information content (AvgIpc) is 2.27. The SMILES string of the molecule is CCN1CCC(C#N)(NCCO)CC1. The zero-order valence-corrected chi connectivity index (χ0v) is 8.79. The number of aliphatic hydroxyl groups is 1. The number of hydrogen-bond donors (Lipinski definition) is 2. The highest BCUT2D eigenvalue weighted by atomic mass is 16.3. The van der Waals surface area contributed by atoms with Gasteiger partial charge in [-0.25, -0.2) is 0 Å². The summed E-state index contributed by atoms with van der Waals surface area (Å²) in [7, 11) is 0. The van der Waals surface area contributed by atoms with Gasteiger partial charge in [-0.3, -0.25) is 5.32 Å². The van der Waals surface area contributed by atoms with Gasteiger partial charge in [0.2, 0.25) is 0 Å². The molecular weight excluding hydrogens is 178 g/mol. The zero-order valence-electron chi connectivity index (χ0n) is 8.79. The van der Waals surface area contributed by atoms with Crippen molar-refractivity contribution < 1.29 is 5.11 Å². The van der Waals surface area contributed by atoms with Gasteiger partial charge in [0.25, 0.3) is 0 Å². The Kier molecular flexibility index (Phi) is 4.33. The zero-order chi connectivity index (χ0) is 10.4. The predicted octanol–water partition coefficient (Wildman–Crippen LogP) is -0.0536. The van der Waals surface area contributed by atoms with E-state index < -0.39 is 5.54 Å². The summed E-state index contributed by atoms with van der Waals surface area (Å²) in [5, 5.41) is 21.0. The highest BCUT2D eigenvalue weighted by Gasteiger charge is 2.33. The summed E-state index contributed by atoms with van der Waals surface area (Å²) in [4.78, 5) is 2.34. The van der Waals surface area contributed by atoms with Gasteiger partial charge in [0.05, 0.1) is 12.7 Å². The van der Waals surface area contributed by atoms with Crippen LogP contribution >= 0.6 is 0 Å².